The van der Waals surface area contributed by atoms with E-state index < -0.39 is 0 Å². The molecule has 1 nitrogen and oxygen atoms in total. The Bertz CT molecular complexity index is 269. The third-order valence-electron chi connectivity index (χ3n) is 1.98. The molecular weight excluding hydrogens is 180 g/mol. The first-order valence-corrected chi connectivity index (χ1v) is 5.32. The van der Waals surface area contributed by atoms with Crippen LogP contribution in [0, 0.1) is 5.92 Å². The number of carbonyl (C=O) groups is 1. The second-order valence-electron chi connectivity index (χ2n) is 3.04. The van der Waals surface area contributed by atoms with Gasteiger partial charge in [-0.05, 0) is 18.6 Å². The van der Waals surface area contributed by atoms with Gasteiger partial charge in [0.05, 0.1) is 0 Å². The zero-order valence-electron chi connectivity index (χ0n) is 7.99. The molecule has 0 aliphatic carbocycles. The molecule has 1 aromatic carbocycles. The summed E-state index contributed by atoms with van der Waals surface area (Å²) in [5.74, 6) is 0.158. The fourth-order valence-corrected chi connectivity index (χ4v) is 1.77. The van der Waals surface area contributed by atoms with Crippen LogP contribution in [0.4, 0.5) is 0 Å². The summed E-state index contributed by atoms with van der Waals surface area (Å²) in [6.07, 6.45) is 0.915. The largest absolute Gasteiger partial charge is 0.287 e. The Morgan fingerprint density at radius 3 is 2.54 bits per heavy atom. The van der Waals surface area contributed by atoms with Crippen LogP contribution in [0.25, 0.3) is 0 Å². The van der Waals surface area contributed by atoms with E-state index in [2.05, 4.69) is 0 Å². The molecule has 0 saturated carbocycles. The Kier molecular flexibility index (Phi) is 4.03. The quantitative estimate of drug-likeness (QED) is 0.686. The summed E-state index contributed by atoms with van der Waals surface area (Å²) in [5.41, 5.74) is 0. The molecule has 0 amide bonds. The van der Waals surface area contributed by atoms with Crippen LogP contribution >= 0.6 is 11.8 Å². The molecule has 0 aromatic heterocycles. The summed E-state index contributed by atoms with van der Waals surface area (Å²) in [4.78, 5) is 12.5. The van der Waals surface area contributed by atoms with Gasteiger partial charge in [0, 0.05) is 10.8 Å². The van der Waals surface area contributed by atoms with Crippen molar-refractivity contribution in [2.75, 3.05) is 0 Å². The van der Waals surface area contributed by atoms with Gasteiger partial charge < -0.3 is 0 Å². The van der Waals surface area contributed by atoms with E-state index in [4.69, 9.17) is 0 Å². The van der Waals surface area contributed by atoms with Crippen molar-refractivity contribution in [2.45, 2.75) is 25.2 Å². The van der Waals surface area contributed by atoms with Crippen LogP contribution in [0.1, 0.15) is 20.3 Å². The van der Waals surface area contributed by atoms with Crippen molar-refractivity contribution in [3.8, 4) is 0 Å². The van der Waals surface area contributed by atoms with Crippen LogP contribution in [-0.4, -0.2) is 5.12 Å². The summed E-state index contributed by atoms with van der Waals surface area (Å²) in [7, 11) is 0. The maximum atomic E-state index is 11.5. The normalized spacial score (nSPS) is 12.5. The van der Waals surface area contributed by atoms with Crippen LogP contribution in [0.5, 0.6) is 0 Å². The molecule has 0 saturated heterocycles. The van der Waals surface area contributed by atoms with Gasteiger partial charge in [0.25, 0.3) is 0 Å². The van der Waals surface area contributed by atoms with Crippen LogP contribution in [0.3, 0.4) is 0 Å². The van der Waals surface area contributed by atoms with Gasteiger partial charge in [0.2, 0.25) is 0 Å². The van der Waals surface area contributed by atoms with Gasteiger partial charge >= 0.3 is 0 Å². The van der Waals surface area contributed by atoms with Crippen LogP contribution in [0.2, 0.25) is 0 Å². The summed E-state index contributed by atoms with van der Waals surface area (Å²) in [6.45, 7) is 4.01. The van der Waals surface area contributed by atoms with Crippen LogP contribution in [0.15, 0.2) is 35.2 Å². The van der Waals surface area contributed by atoms with E-state index >= 15 is 0 Å². The molecule has 1 aromatic rings. The maximum Gasteiger partial charge on any atom is 0.196 e. The zero-order valence-corrected chi connectivity index (χ0v) is 8.80. The molecule has 0 heterocycles. The first-order chi connectivity index (χ1) is 6.24. The number of rotatable bonds is 3. The highest BCUT2D eigenvalue weighted by atomic mass is 32.2. The first-order valence-electron chi connectivity index (χ1n) is 4.50. The van der Waals surface area contributed by atoms with Gasteiger partial charge in [-0.25, -0.2) is 0 Å². The van der Waals surface area contributed by atoms with E-state index in [1.54, 1.807) is 0 Å². The van der Waals surface area contributed by atoms with Gasteiger partial charge in [0.1, 0.15) is 0 Å². The predicted octanol–water partition coefficient (Wildman–Crippen LogP) is 3.35. The zero-order chi connectivity index (χ0) is 9.68. The van der Waals surface area contributed by atoms with Crippen LogP contribution < -0.4 is 0 Å². The number of hydrogen-bond acceptors (Lipinski definition) is 2. The van der Waals surface area contributed by atoms with E-state index in [0.29, 0.717) is 0 Å². The number of benzene rings is 1. The molecule has 1 atom stereocenters. The molecule has 0 bridgehead atoms. The Morgan fingerprint density at radius 1 is 1.38 bits per heavy atom. The van der Waals surface area contributed by atoms with Gasteiger partial charge in [-0.2, -0.15) is 0 Å². The van der Waals surface area contributed by atoms with Gasteiger partial charge in [-0.1, -0.05) is 43.8 Å². The Balaban J connectivity index is 2.55. The van der Waals surface area contributed by atoms with E-state index in [-0.39, 0.29) is 11.0 Å². The van der Waals surface area contributed by atoms with E-state index in [1.807, 2.05) is 44.2 Å². The fourth-order valence-electron chi connectivity index (χ4n) is 0.872. The Labute approximate surface area is 83.5 Å². The van der Waals surface area contributed by atoms with E-state index in [1.165, 1.54) is 11.8 Å². The highest BCUT2D eigenvalue weighted by molar-refractivity contribution is 8.13. The molecule has 0 radical (unpaired) electrons. The van der Waals surface area contributed by atoms with Crippen molar-refractivity contribution >= 4 is 16.9 Å². The lowest BCUT2D eigenvalue weighted by molar-refractivity contribution is -0.113. The Morgan fingerprint density at radius 2 is 2.00 bits per heavy atom. The molecule has 0 N–H and O–H groups in total. The van der Waals surface area contributed by atoms with Crippen molar-refractivity contribution in [1.82, 2.24) is 0 Å². The standard InChI is InChI=1S/C11H14OS/c1-3-9(2)11(12)13-10-7-5-4-6-8-10/h4-9H,3H2,1-2H3. The summed E-state index contributed by atoms with van der Waals surface area (Å²) < 4.78 is 0. The third kappa shape index (κ3) is 3.23. The minimum absolute atomic E-state index is 0.158. The second kappa shape index (κ2) is 5.07. The second-order valence-corrected chi connectivity index (χ2v) is 4.12. The van der Waals surface area contributed by atoms with Crippen molar-refractivity contribution in [3.05, 3.63) is 30.3 Å². The topological polar surface area (TPSA) is 17.1 Å². The lowest BCUT2D eigenvalue weighted by Crippen LogP contribution is -2.04. The van der Waals surface area contributed by atoms with Crippen molar-refractivity contribution < 1.29 is 4.79 Å². The van der Waals surface area contributed by atoms with E-state index in [9.17, 15) is 4.79 Å². The summed E-state index contributed by atoms with van der Waals surface area (Å²) >= 11 is 1.34. The highest BCUT2D eigenvalue weighted by Gasteiger charge is 2.11. The molecule has 0 fully saturated rings. The molecule has 0 aliphatic rings. The summed E-state index contributed by atoms with van der Waals surface area (Å²) in [6, 6.07) is 9.78. The van der Waals surface area contributed by atoms with Gasteiger partial charge in [-0.15, -0.1) is 0 Å². The molecular formula is C11H14OS. The molecule has 1 unspecified atom stereocenters. The lowest BCUT2D eigenvalue weighted by Gasteiger charge is -2.05. The van der Waals surface area contributed by atoms with Crippen LogP contribution in [-0.2, 0) is 4.79 Å². The maximum absolute atomic E-state index is 11.5. The molecule has 2 heteroatoms. The van der Waals surface area contributed by atoms with Gasteiger partial charge in [0.15, 0.2) is 5.12 Å². The third-order valence-corrected chi connectivity index (χ3v) is 3.09. The lowest BCUT2D eigenvalue weighted by atomic mass is 10.1. The van der Waals surface area contributed by atoms with Crippen molar-refractivity contribution in [2.24, 2.45) is 5.92 Å². The monoisotopic (exact) mass is 194 g/mol. The number of thioether (sulfide) groups is 1. The predicted molar refractivity (Wildman–Crippen MR) is 56.8 cm³/mol. The minimum atomic E-state index is 0.158. The first kappa shape index (κ1) is 10.3. The van der Waals surface area contributed by atoms with Crippen molar-refractivity contribution in [3.63, 3.8) is 0 Å². The number of carbonyl (C=O) groups excluding carboxylic acids is 1. The Hall–Kier alpha value is -0.760. The minimum Gasteiger partial charge on any atom is -0.287 e. The molecule has 0 aliphatic heterocycles. The number of hydrogen-bond donors (Lipinski definition) is 0. The molecule has 70 valence electrons. The molecule has 1 rings (SSSR count). The van der Waals surface area contributed by atoms with E-state index in [0.717, 1.165) is 11.3 Å². The average Bonchev–Trinajstić information content (AvgIpc) is 2.18. The molecule has 0 spiro atoms. The molecule has 13 heavy (non-hydrogen) atoms. The SMILES string of the molecule is CCC(C)C(=O)Sc1ccccc1. The average molecular weight is 194 g/mol. The van der Waals surface area contributed by atoms with Gasteiger partial charge in [-0.3, -0.25) is 4.79 Å². The van der Waals surface area contributed by atoms with Crippen molar-refractivity contribution in [1.29, 1.82) is 0 Å². The summed E-state index contributed by atoms with van der Waals surface area (Å²) in [5, 5.41) is 0.258. The smallest absolute Gasteiger partial charge is 0.196 e. The fraction of sp³-hybridized carbons (Fsp3) is 0.364. The highest BCUT2D eigenvalue weighted by Crippen LogP contribution is 2.22.